The number of para-hydroxylation sites is 1. The number of rotatable bonds is 7. The Morgan fingerprint density at radius 1 is 0.788 bits per heavy atom. The molecule has 0 aliphatic rings. The van der Waals surface area contributed by atoms with Crippen molar-refractivity contribution in [1.82, 2.24) is 19.9 Å². The van der Waals surface area contributed by atoms with Crippen molar-refractivity contribution in [2.24, 2.45) is 0 Å². The maximum Gasteiger partial charge on any atom is 0.251 e. The monoisotopic (exact) mass is 433 g/mol. The standard InChI is InChI=1S/C27H23N5O/c33-26(28-19-18-20-8-3-1-4-9-20)22-16-14-21(15-17-22)24-12-7-13-25-30-27(31-32(24)25)29-23-10-5-2-6-11-23/h1-17H,18-19H2,(H,28,33)(H,29,31). The minimum Gasteiger partial charge on any atom is -0.352 e. The van der Waals surface area contributed by atoms with Crippen molar-refractivity contribution in [1.29, 1.82) is 0 Å². The van der Waals surface area contributed by atoms with Gasteiger partial charge in [0.15, 0.2) is 5.65 Å². The summed E-state index contributed by atoms with van der Waals surface area (Å²) in [6.07, 6.45) is 0.804. The smallest absolute Gasteiger partial charge is 0.251 e. The van der Waals surface area contributed by atoms with Crippen LogP contribution >= 0.6 is 0 Å². The fourth-order valence-corrected chi connectivity index (χ4v) is 3.69. The molecule has 5 aromatic rings. The molecule has 3 aromatic carbocycles. The van der Waals surface area contributed by atoms with Gasteiger partial charge in [-0.1, -0.05) is 66.7 Å². The molecule has 0 atom stereocenters. The van der Waals surface area contributed by atoms with E-state index in [-0.39, 0.29) is 5.91 Å². The van der Waals surface area contributed by atoms with E-state index in [9.17, 15) is 4.79 Å². The first kappa shape index (κ1) is 20.5. The molecule has 0 saturated heterocycles. The lowest BCUT2D eigenvalue weighted by molar-refractivity contribution is 0.0954. The Labute approximate surface area is 191 Å². The molecular formula is C27H23N5O. The van der Waals surface area contributed by atoms with Crippen molar-refractivity contribution < 1.29 is 4.79 Å². The number of fused-ring (bicyclic) bond motifs is 1. The van der Waals surface area contributed by atoms with E-state index in [1.165, 1.54) is 5.56 Å². The van der Waals surface area contributed by atoms with Gasteiger partial charge in [-0.05, 0) is 48.4 Å². The first-order chi connectivity index (χ1) is 16.3. The number of aromatic nitrogens is 3. The summed E-state index contributed by atoms with van der Waals surface area (Å²) in [7, 11) is 0. The van der Waals surface area contributed by atoms with Gasteiger partial charge in [0, 0.05) is 23.4 Å². The van der Waals surface area contributed by atoms with Gasteiger partial charge in [0.25, 0.3) is 5.91 Å². The Bertz CT molecular complexity index is 1360. The van der Waals surface area contributed by atoms with E-state index in [0.29, 0.717) is 18.1 Å². The average molecular weight is 434 g/mol. The van der Waals surface area contributed by atoms with Crippen LogP contribution in [0.1, 0.15) is 15.9 Å². The van der Waals surface area contributed by atoms with Crippen molar-refractivity contribution in [3.05, 3.63) is 114 Å². The van der Waals surface area contributed by atoms with Crippen LogP contribution in [0.5, 0.6) is 0 Å². The molecule has 2 aromatic heterocycles. The van der Waals surface area contributed by atoms with Crippen molar-refractivity contribution in [2.45, 2.75) is 6.42 Å². The molecule has 0 bridgehead atoms. The molecule has 0 fully saturated rings. The number of nitrogens with zero attached hydrogens (tertiary/aromatic N) is 3. The second-order valence-electron chi connectivity index (χ2n) is 7.68. The first-order valence-corrected chi connectivity index (χ1v) is 10.9. The number of pyridine rings is 1. The number of carbonyl (C=O) groups excluding carboxylic acids is 1. The quantitative estimate of drug-likeness (QED) is 0.374. The van der Waals surface area contributed by atoms with Crippen molar-refractivity contribution in [2.75, 3.05) is 11.9 Å². The van der Waals surface area contributed by atoms with Crippen LogP contribution in [0.25, 0.3) is 16.9 Å². The third-order valence-corrected chi connectivity index (χ3v) is 5.37. The Hall–Kier alpha value is -4.45. The zero-order valence-corrected chi connectivity index (χ0v) is 18.0. The summed E-state index contributed by atoms with van der Waals surface area (Å²) in [5, 5.41) is 10.8. The molecule has 2 N–H and O–H groups in total. The molecule has 1 amide bonds. The lowest BCUT2D eigenvalue weighted by atomic mass is 10.1. The second-order valence-corrected chi connectivity index (χ2v) is 7.68. The maximum absolute atomic E-state index is 12.5. The highest BCUT2D eigenvalue weighted by atomic mass is 16.1. The van der Waals surface area contributed by atoms with E-state index in [1.54, 1.807) is 4.52 Å². The molecule has 0 unspecified atom stereocenters. The molecule has 162 valence electrons. The molecule has 6 nitrogen and oxygen atoms in total. The molecule has 6 heteroatoms. The molecule has 5 rings (SSSR count). The number of anilines is 2. The SMILES string of the molecule is O=C(NCCc1ccccc1)c1ccc(-c2cccc3nc(Nc4ccccc4)nn23)cc1. The normalized spacial score (nSPS) is 10.8. The van der Waals surface area contributed by atoms with Crippen molar-refractivity contribution >= 4 is 23.2 Å². The summed E-state index contributed by atoms with van der Waals surface area (Å²) in [6.45, 7) is 0.597. The van der Waals surface area contributed by atoms with Gasteiger partial charge in [-0.2, -0.15) is 4.98 Å². The van der Waals surface area contributed by atoms with E-state index >= 15 is 0 Å². The molecule has 0 aliphatic heterocycles. The Morgan fingerprint density at radius 2 is 1.52 bits per heavy atom. The molecular weight excluding hydrogens is 410 g/mol. The van der Waals surface area contributed by atoms with E-state index in [4.69, 9.17) is 0 Å². The van der Waals surface area contributed by atoms with E-state index in [2.05, 4.69) is 32.8 Å². The van der Waals surface area contributed by atoms with Gasteiger partial charge in [0.1, 0.15) is 0 Å². The molecule has 0 saturated carbocycles. The Kier molecular flexibility index (Phi) is 5.80. The summed E-state index contributed by atoms with van der Waals surface area (Å²) in [4.78, 5) is 17.1. The predicted molar refractivity (Wildman–Crippen MR) is 131 cm³/mol. The van der Waals surface area contributed by atoms with Crippen molar-refractivity contribution in [3.63, 3.8) is 0 Å². The van der Waals surface area contributed by atoms with Gasteiger partial charge in [0.05, 0.1) is 5.69 Å². The maximum atomic E-state index is 12.5. The summed E-state index contributed by atoms with van der Waals surface area (Å²) in [5.41, 5.74) is 5.36. The third kappa shape index (κ3) is 4.75. The van der Waals surface area contributed by atoms with Crippen LogP contribution in [-0.4, -0.2) is 27.0 Å². The number of hydrogen-bond acceptors (Lipinski definition) is 4. The molecule has 0 spiro atoms. The van der Waals surface area contributed by atoms with Crippen LogP contribution in [0, 0.1) is 0 Å². The molecule has 0 aliphatic carbocycles. The summed E-state index contributed by atoms with van der Waals surface area (Å²) in [5.74, 6) is 0.453. The number of benzene rings is 3. The Balaban J connectivity index is 1.30. The molecule has 2 heterocycles. The van der Waals surface area contributed by atoms with Gasteiger partial charge in [-0.15, -0.1) is 5.10 Å². The van der Waals surface area contributed by atoms with E-state index in [0.717, 1.165) is 29.0 Å². The zero-order valence-electron chi connectivity index (χ0n) is 18.0. The zero-order chi connectivity index (χ0) is 22.5. The van der Waals surface area contributed by atoms with Gasteiger partial charge in [-0.25, -0.2) is 4.52 Å². The van der Waals surface area contributed by atoms with E-state index < -0.39 is 0 Å². The highest BCUT2D eigenvalue weighted by Crippen LogP contribution is 2.22. The summed E-state index contributed by atoms with van der Waals surface area (Å²) >= 11 is 0. The third-order valence-electron chi connectivity index (χ3n) is 5.37. The van der Waals surface area contributed by atoms with Crippen LogP contribution < -0.4 is 10.6 Å². The lowest BCUT2D eigenvalue weighted by Gasteiger charge is -2.08. The van der Waals surface area contributed by atoms with Gasteiger partial charge >= 0.3 is 0 Å². The minimum atomic E-state index is -0.0780. The highest BCUT2D eigenvalue weighted by Gasteiger charge is 2.11. The molecule has 0 radical (unpaired) electrons. The largest absolute Gasteiger partial charge is 0.352 e. The number of hydrogen-bond donors (Lipinski definition) is 2. The average Bonchev–Trinajstić information content (AvgIpc) is 3.28. The highest BCUT2D eigenvalue weighted by molar-refractivity contribution is 5.94. The van der Waals surface area contributed by atoms with Crippen LogP contribution in [0.15, 0.2) is 103 Å². The Morgan fingerprint density at radius 3 is 2.27 bits per heavy atom. The van der Waals surface area contributed by atoms with Crippen LogP contribution in [0.2, 0.25) is 0 Å². The second kappa shape index (κ2) is 9.36. The van der Waals surface area contributed by atoms with E-state index in [1.807, 2.05) is 91.0 Å². The molecule has 33 heavy (non-hydrogen) atoms. The van der Waals surface area contributed by atoms with Crippen LogP contribution in [-0.2, 0) is 6.42 Å². The number of carbonyl (C=O) groups is 1. The van der Waals surface area contributed by atoms with Crippen LogP contribution in [0.3, 0.4) is 0 Å². The summed E-state index contributed by atoms with van der Waals surface area (Å²) < 4.78 is 1.81. The first-order valence-electron chi connectivity index (χ1n) is 10.9. The van der Waals surface area contributed by atoms with Crippen molar-refractivity contribution in [3.8, 4) is 11.3 Å². The number of amides is 1. The number of nitrogens with one attached hydrogen (secondary N) is 2. The fraction of sp³-hybridized carbons (Fsp3) is 0.0741. The van der Waals surface area contributed by atoms with Gasteiger partial charge in [-0.3, -0.25) is 4.79 Å². The fourth-order valence-electron chi connectivity index (χ4n) is 3.69. The lowest BCUT2D eigenvalue weighted by Crippen LogP contribution is -2.25. The minimum absolute atomic E-state index is 0.0780. The van der Waals surface area contributed by atoms with Gasteiger partial charge in [0.2, 0.25) is 5.95 Å². The van der Waals surface area contributed by atoms with Gasteiger partial charge < -0.3 is 10.6 Å². The predicted octanol–water partition coefficient (Wildman–Crippen LogP) is 5.11. The topological polar surface area (TPSA) is 71.3 Å². The van der Waals surface area contributed by atoms with Crippen LogP contribution in [0.4, 0.5) is 11.6 Å². The summed E-state index contributed by atoms with van der Waals surface area (Å²) in [6, 6.07) is 33.4.